The standard InChI is InChI=1S/C16H33NS/c1-5-16(2,3)14-8-10-15(11-9-14)17-12-6-7-13-18-4/h14-15,17H,5-13H2,1-4H3. The van der Waals surface area contributed by atoms with Crippen LogP contribution in [0.4, 0.5) is 0 Å². The highest BCUT2D eigenvalue weighted by Crippen LogP contribution is 2.40. The van der Waals surface area contributed by atoms with Crippen LogP contribution in [0.25, 0.3) is 0 Å². The summed E-state index contributed by atoms with van der Waals surface area (Å²) in [6, 6.07) is 0.809. The Morgan fingerprint density at radius 2 is 1.78 bits per heavy atom. The zero-order valence-electron chi connectivity index (χ0n) is 12.9. The summed E-state index contributed by atoms with van der Waals surface area (Å²) in [6.45, 7) is 8.48. The van der Waals surface area contributed by atoms with Crippen molar-refractivity contribution >= 4 is 11.8 Å². The first kappa shape index (κ1) is 16.4. The first-order valence-electron chi connectivity index (χ1n) is 7.82. The number of nitrogens with one attached hydrogen (secondary N) is 1. The van der Waals surface area contributed by atoms with Gasteiger partial charge in [-0.1, -0.05) is 27.2 Å². The molecule has 1 aliphatic carbocycles. The van der Waals surface area contributed by atoms with Crippen molar-refractivity contribution in [1.29, 1.82) is 0 Å². The van der Waals surface area contributed by atoms with E-state index >= 15 is 0 Å². The average Bonchev–Trinajstić information content (AvgIpc) is 2.39. The summed E-state index contributed by atoms with van der Waals surface area (Å²) in [5, 5.41) is 3.76. The fourth-order valence-electron chi connectivity index (χ4n) is 3.05. The van der Waals surface area contributed by atoms with Gasteiger partial charge < -0.3 is 5.32 Å². The molecule has 0 saturated heterocycles. The molecule has 0 aromatic rings. The molecule has 0 amide bonds. The van der Waals surface area contributed by atoms with Crippen molar-refractivity contribution in [2.75, 3.05) is 18.6 Å². The molecule has 0 bridgehead atoms. The van der Waals surface area contributed by atoms with E-state index in [0.717, 1.165) is 12.0 Å². The van der Waals surface area contributed by atoms with Crippen molar-refractivity contribution in [3.05, 3.63) is 0 Å². The largest absolute Gasteiger partial charge is 0.314 e. The topological polar surface area (TPSA) is 12.0 Å². The van der Waals surface area contributed by atoms with Crippen LogP contribution in [0.1, 0.15) is 65.7 Å². The van der Waals surface area contributed by atoms with Crippen molar-refractivity contribution in [2.45, 2.75) is 71.8 Å². The summed E-state index contributed by atoms with van der Waals surface area (Å²) < 4.78 is 0. The van der Waals surface area contributed by atoms with Gasteiger partial charge in [-0.25, -0.2) is 0 Å². The lowest BCUT2D eigenvalue weighted by atomic mass is 9.69. The molecular formula is C16H33NS. The maximum atomic E-state index is 3.76. The van der Waals surface area contributed by atoms with Crippen LogP contribution in [-0.2, 0) is 0 Å². The monoisotopic (exact) mass is 271 g/mol. The highest BCUT2D eigenvalue weighted by atomic mass is 32.2. The van der Waals surface area contributed by atoms with Crippen molar-refractivity contribution < 1.29 is 0 Å². The fraction of sp³-hybridized carbons (Fsp3) is 1.00. The third-order valence-electron chi connectivity index (χ3n) is 4.95. The molecule has 1 saturated carbocycles. The number of hydrogen-bond donors (Lipinski definition) is 1. The Morgan fingerprint density at radius 1 is 1.11 bits per heavy atom. The third kappa shape index (κ3) is 5.52. The van der Waals surface area contributed by atoms with Gasteiger partial charge in [-0.2, -0.15) is 11.8 Å². The van der Waals surface area contributed by atoms with Gasteiger partial charge in [0, 0.05) is 6.04 Å². The van der Waals surface area contributed by atoms with Gasteiger partial charge in [-0.15, -0.1) is 0 Å². The van der Waals surface area contributed by atoms with Gasteiger partial charge in [-0.3, -0.25) is 0 Å². The molecule has 0 unspecified atom stereocenters. The summed E-state index contributed by atoms with van der Waals surface area (Å²) in [5.41, 5.74) is 0.559. The minimum absolute atomic E-state index is 0.559. The number of hydrogen-bond acceptors (Lipinski definition) is 2. The quantitative estimate of drug-likeness (QED) is 0.641. The maximum Gasteiger partial charge on any atom is 0.00672 e. The predicted octanol–water partition coefficient (Wildman–Crippen LogP) is 4.71. The summed E-state index contributed by atoms with van der Waals surface area (Å²) in [5.74, 6) is 2.27. The molecule has 1 N–H and O–H groups in total. The highest BCUT2D eigenvalue weighted by Gasteiger charge is 2.31. The zero-order valence-corrected chi connectivity index (χ0v) is 13.7. The van der Waals surface area contributed by atoms with Gasteiger partial charge in [0.15, 0.2) is 0 Å². The number of thioether (sulfide) groups is 1. The highest BCUT2D eigenvalue weighted by molar-refractivity contribution is 7.98. The summed E-state index contributed by atoms with van der Waals surface area (Å²) in [6.07, 6.45) is 11.9. The van der Waals surface area contributed by atoms with E-state index in [1.807, 2.05) is 11.8 Å². The van der Waals surface area contributed by atoms with Crippen LogP contribution in [0.3, 0.4) is 0 Å². The lowest BCUT2D eigenvalue weighted by molar-refractivity contribution is 0.137. The SMILES string of the molecule is CCC(C)(C)C1CCC(NCCCCSC)CC1. The van der Waals surface area contributed by atoms with Crippen molar-refractivity contribution in [3.8, 4) is 0 Å². The van der Waals surface area contributed by atoms with Crippen LogP contribution in [0.5, 0.6) is 0 Å². The second kappa shape index (κ2) is 8.47. The molecule has 0 radical (unpaired) electrons. The van der Waals surface area contributed by atoms with Crippen LogP contribution in [0.2, 0.25) is 0 Å². The summed E-state index contributed by atoms with van der Waals surface area (Å²) in [4.78, 5) is 0. The Bertz CT molecular complexity index is 207. The van der Waals surface area contributed by atoms with Crippen molar-refractivity contribution in [3.63, 3.8) is 0 Å². The molecule has 1 rings (SSSR count). The van der Waals surface area contributed by atoms with Crippen LogP contribution in [0.15, 0.2) is 0 Å². The molecule has 108 valence electrons. The van der Waals surface area contributed by atoms with E-state index in [9.17, 15) is 0 Å². The summed E-state index contributed by atoms with van der Waals surface area (Å²) >= 11 is 1.97. The average molecular weight is 272 g/mol. The molecule has 1 fully saturated rings. The summed E-state index contributed by atoms with van der Waals surface area (Å²) in [7, 11) is 0. The van der Waals surface area contributed by atoms with E-state index in [1.165, 1.54) is 57.2 Å². The van der Waals surface area contributed by atoms with Gasteiger partial charge in [-0.05, 0) is 68.4 Å². The van der Waals surface area contributed by atoms with Gasteiger partial charge in [0.05, 0.1) is 0 Å². The van der Waals surface area contributed by atoms with Gasteiger partial charge in [0.1, 0.15) is 0 Å². The Balaban J connectivity index is 2.12. The molecule has 0 spiro atoms. The minimum Gasteiger partial charge on any atom is -0.314 e. The molecule has 2 heteroatoms. The van der Waals surface area contributed by atoms with Crippen LogP contribution >= 0.6 is 11.8 Å². The number of unbranched alkanes of at least 4 members (excludes halogenated alkanes) is 1. The Kier molecular flexibility index (Phi) is 7.70. The fourth-order valence-corrected chi connectivity index (χ4v) is 3.54. The lowest BCUT2D eigenvalue weighted by Crippen LogP contribution is -2.37. The van der Waals surface area contributed by atoms with E-state index < -0.39 is 0 Å². The van der Waals surface area contributed by atoms with E-state index in [2.05, 4.69) is 32.3 Å². The molecule has 0 aliphatic heterocycles. The first-order valence-corrected chi connectivity index (χ1v) is 9.22. The van der Waals surface area contributed by atoms with Gasteiger partial charge in [0.25, 0.3) is 0 Å². The molecule has 1 aliphatic rings. The van der Waals surface area contributed by atoms with E-state index in [4.69, 9.17) is 0 Å². The van der Waals surface area contributed by atoms with Crippen molar-refractivity contribution in [2.24, 2.45) is 11.3 Å². The third-order valence-corrected chi connectivity index (χ3v) is 5.65. The zero-order chi connectivity index (χ0) is 13.4. The van der Waals surface area contributed by atoms with Crippen LogP contribution < -0.4 is 5.32 Å². The van der Waals surface area contributed by atoms with E-state index in [0.29, 0.717) is 5.41 Å². The predicted molar refractivity (Wildman–Crippen MR) is 85.4 cm³/mol. The molecule has 0 heterocycles. The minimum atomic E-state index is 0.559. The smallest absolute Gasteiger partial charge is 0.00672 e. The molecule has 1 nitrogen and oxygen atoms in total. The van der Waals surface area contributed by atoms with E-state index in [-0.39, 0.29) is 0 Å². The second-order valence-electron chi connectivity index (χ2n) is 6.54. The molecule has 0 aromatic carbocycles. The van der Waals surface area contributed by atoms with Crippen LogP contribution in [0, 0.1) is 11.3 Å². The molecule has 0 aromatic heterocycles. The van der Waals surface area contributed by atoms with Crippen molar-refractivity contribution in [1.82, 2.24) is 5.32 Å². The Morgan fingerprint density at radius 3 is 2.33 bits per heavy atom. The second-order valence-corrected chi connectivity index (χ2v) is 7.53. The molecular weight excluding hydrogens is 238 g/mol. The molecule has 18 heavy (non-hydrogen) atoms. The normalized spacial score (nSPS) is 25.3. The van der Waals surface area contributed by atoms with Gasteiger partial charge >= 0.3 is 0 Å². The first-order chi connectivity index (χ1) is 8.60. The number of rotatable bonds is 8. The lowest BCUT2D eigenvalue weighted by Gasteiger charge is -2.39. The Hall–Kier alpha value is 0.310. The van der Waals surface area contributed by atoms with Crippen LogP contribution in [-0.4, -0.2) is 24.6 Å². The maximum absolute atomic E-state index is 3.76. The Labute approximate surface area is 119 Å². The molecule has 0 atom stereocenters. The van der Waals surface area contributed by atoms with E-state index in [1.54, 1.807) is 0 Å². The van der Waals surface area contributed by atoms with Gasteiger partial charge in [0.2, 0.25) is 0 Å².